The van der Waals surface area contributed by atoms with Crippen LogP contribution in [0.4, 0.5) is 17.6 Å². The third kappa shape index (κ3) is 6.10. The highest BCUT2D eigenvalue weighted by atomic mass is 32.2. The highest BCUT2D eigenvalue weighted by molar-refractivity contribution is 8.00. The van der Waals surface area contributed by atoms with Crippen molar-refractivity contribution in [1.82, 2.24) is 0 Å². The first-order valence-electron chi connectivity index (χ1n) is 9.92. The smallest absolute Gasteiger partial charge is 0.416 e. The van der Waals surface area contributed by atoms with Crippen LogP contribution >= 0.6 is 11.8 Å². The fraction of sp³-hybridized carbons (Fsp3) is 0.292. The molecular formula is C24H22F4O4S. The van der Waals surface area contributed by atoms with Crippen LogP contribution in [-0.2, 0) is 23.3 Å². The van der Waals surface area contributed by atoms with Crippen LogP contribution in [0.1, 0.15) is 36.3 Å². The summed E-state index contributed by atoms with van der Waals surface area (Å²) < 4.78 is 62.8. The monoisotopic (exact) mass is 482 g/mol. The largest absolute Gasteiger partial charge is 0.486 e. The summed E-state index contributed by atoms with van der Waals surface area (Å²) in [6.07, 6.45) is -4.42. The van der Waals surface area contributed by atoms with Crippen molar-refractivity contribution < 1.29 is 36.6 Å². The Bertz CT molecular complexity index is 1130. The quantitative estimate of drug-likeness (QED) is 0.348. The van der Waals surface area contributed by atoms with Gasteiger partial charge in [-0.2, -0.15) is 13.2 Å². The summed E-state index contributed by atoms with van der Waals surface area (Å²) in [6, 6.07) is 10.6. The average molecular weight is 482 g/mol. The number of carboxylic acids is 1. The van der Waals surface area contributed by atoms with Gasteiger partial charge in [0.25, 0.3) is 0 Å². The Morgan fingerprint density at radius 1 is 1.09 bits per heavy atom. The van der Waals surface area contributed by atoms with Crippen LogP contribution in [0.3, 0.4) is 0 Å². The number of aryl methyl sites for hydroxylation is 1. The number of carboxylic acid groups (broad SMARTS) is 1. The lowest BCUT2D eigenvalue weighted by Crippen LogP contribution is -2.27. The number of furan rings is 1. The Morgan fingerprint density at radius 2 is 1.76 bits per heavy atom. The van der Waals surface area contributed by atoms with Crippen LogP contribution in [0.15, 0.2) is 52.9 Å². The molecule has 9 heteroatoms. The van der Waals surface area contributed by atoms with Crippen LogP contribution in [0, 0.1) is 12.7 Å². The minimum Gasteiger partial charge on any atom is -0.486 e. The molecule has 1 N–H and O–H groups in total. The molecule has 0 aliphatic rings. The zero-order valence-corrected chi connectivity index (χ0v) is 18.9. The number of benzene rings is 2. The molecule has 0 fully saturated rings. The lowest BCUT2D eigenvalue weighted by Gasteiger charge is -2.18. The van der Waals surface area contributed by atoms with Crippen LogP contribution in [-0.4, -0.2) is 15.8 Å². The van der Waals surface area contributed by atoms with Crippen LogP contribution in [0.25, 0.3) is 11.3 Å². The molecular weight excluding hydrogens is 460 g/mol. The molecule has 0 aliphatic carbocycles. The summed E-state index contributed by atoms with van der Waals surface area (Å²) in [6.45, 7) is 4.86. The fourth-order valence-electron chi connectivity index (χ4n) is 2.86. The van der Waals surface area contributed by atoms with Gasteiger partial charge in [0.05, 0.1) is 5.56 Å². The van der Waals surface area contributed by atoms with Crippen molar-refractivity contribution in [1.29, 1.82) is 0 Å². The summed E-state index contributed by atoms with van der Waals surface area (Å²) in [5, 5.41) is 9.22. The zero-order chi connectivity index (χ0) is 24.4. The predicted octanol–water partition coefficient (Wildman–Crippen LogP) is 7.09. The first-order chi connectivity index (χ1) is 15.4. The summed E-state index contributed by atoms with van der Waals surface area (Å²) >= 11 is 1.21. The molecule has 2 aromatic carbocycles. The number of aliphatic carboxylic acids is 1. The maximum atomic E-state index is 14.2. The van der Waals surface area contributed by atoms with Gasteiger partial charge in [0.1, 0.15) is 22.9 Å². The highest BCUT2D eigenvalue weighted by Gasteiger charge is 2.30. The average Bonchev–Trinajstić information content (AvgIpc) is 3.12. The van der Waals surface area contributed by atoms with Crippen molar-refractivity contribution in [2.24, 2.45) is 0 Å². The van der Waals surface area contributed by atoms with Crippen LogP contribution in [0.2, 0.25) is 0 Å². The highest BCUT2D eigenvalue weighted by Crippen LogP contribution is 2.33. The molecule has 0 atom stereocenters. The molecule has 0 radical (unpaired) electrons. The molecule has 0 saturated carbocycles. The molecule has 3 rings (SSSR count). The lowest BCUT2D eigenvalue weighted by molar-refractivity contribution is -0.139. The summed E-state index contributed by atoms with van der Waals surface area (Å²) in [4.78, 5) is 11.3. The molecule has 1 aromatic heterocycles. The fourth-order valence-corrected chi connectivity index (χ4v) is 3.69. The Kier molecular flexibility index (Phi) is 7.11. The van der Waals surface area contributed by atoms with E-state index in [2.05, 4.69) is 0 Å². The Hall–Kier alpha value is -2.94. The molecule has 1 heterocycles. The minimum atomic E-state index is -4.42. The normalized spacial score (nSPS) is 12.1. The zero-order valence-electron chi connectivity index (χ0n) is 18.1. The third-order valence-corrected chi connectivity index (χ3v) is 6.38. The summed E-state index contributed by atoms with van der Waals surface area (Å²) in [5.74, 6) is -0.256. The van der Waals surface area contributed by atoms with E-state index in [4.69, 9.17) is 9.15 Å². The SMILES string of the molecule is Cc1oc(-c2ccc(C(F)(F)F)cc2)cc1COc1cc(CSC(C)(C)C(=O)O)ccc1F. The Morgan fingerprint density at radius 3 is 2.36 bits per heavy atom. The van der Waals surface area contributed by atoms with E-state index < -0.39 is 28.3 Å². The van der Waals surface area contributed by atoms with Gasteiger partial charge in [-0.15, -0.1) is 11.8 Å². The van der Waals surface area contributed by atoms with E-state index >= 15 is 0 Å². The van der Waals surface area contributed by atoms with Crippen molar-refractivity contribution in [2.45, 2.75) is 44.1 Å². The van der Waals surface area contributed by atoms with Gasteiger partial charge in [-0.25, -0.2) is 4.39 Å². The van der Waals surface area contributed by atoms with E-state index in [9.17, 15) is 27.5 Å². The van der Waals surface area contributed by atoms with Gasteiger partial charge in [0.15, 0.2) is 11.6 Å². The Balaban J connectivity index is 1.70. The first-order valence-corrected chi connectivity index (χ1v) is 10.9. The summed E-state index contributed by atoms with van der Waals surface area (Å²) in [7, 11) is 0. The number of thioether (sulfide) groups is 1. The number of alkyl halides is 3. The van der Waals surface area contributed by atoms with E-state index in [0.717, 1.165) is 12.1 Å². The van der Waals surface area contributed by atoms with E-state index in [1.165, 1.54) is 36.0 Å². The second-order valence-electron chi connectivity index (χ2n) is 7.92. The molecule has 33 heavy (non-hydrogen) atoms. The maximum absolute atomic E-state index is 14.2. The third-order valence-electron chi connectivity index (χ3n) is 5.01. The maximum Gasteiger partial charge on any atom is 0.416 e. The van der Waals surface area contributed by atoms with Gasteiger partial charge in [0.2, 0.25) is 0 Å². The van der Waals surface area contributed by atoms with Gasteiger partial charge < -0.3 is 14.3 Å². The van der Waals surface area contributed by atoms with Crippen LogP contribution < -0.4 is 4.74 Å². The molecule has 176 valence electrons. The topological polar surface area (TPSA) is 59.7 Å². The first kappa shape index (κ1) is 24.7. The van der Waals surface area contributed by atoms with Crippen molar-refractivity contribution in [3.63, 3.8) is 0 Å². The second kappa shape index (κ2) is 9.51. The number of halogens is 4. The Labute approximate surface area is 192 Å². The van der Waals surface area contributed by atoms with Crippen molar-refractivity contribution in [3.05, 3.63) is 76.8 Å². The molecule has 0 aliphatic heterocycles. The molecule has 0 unspecified atom stereocenters. The predicted molar refractivity (Wildman–Crippen MR) is 118 cm³/mol. The van der Waals surface area contributed by atoms with Gasteiger partial charge in [-0.1, -0.05) is 18.2 Å². The van der Waals surface area contributed by atoms with Crippen LogP contribution in [0.5, 0.6) is 5.75 Å². The molecule has 3 aromatic rings. The molecule has 4 nitrogen and oxygen atoms in total. The van der Waals surface area contributed by atoms with Crippen molar-refractivity contribution in [2.75, 3.05) is 0 Å². The van der Waals surface area contributed by atoms with E-state index in [0.29, 0.717) is 34.0 Å². The number of hydrogen-bond donors (Lipinski definition) is 1. The molecule has 0 spiro atoms. The van der Waals surface area contributed by atoms with Gasteiger partial charge in [-0.3, -0.25) is 4.79 Å². The summed E-state index contributed by atoms with van der Waals surface area (Å²) in [5.41, 5.74) is 1.05. The van der Waals surface area contributed by atoms with E-state index in [1.807, 2.05) is 0 Å². The number of rotatable bonds is 8. The van der Waals surface area contributed by atoms with Gasteiger partial charge >= 0.3 is 12.1 Å². The number of ether oxygens (including phenoxy) is 1. The standard InChI is InChI=1S/C24H22F4O4S/c1-14-17(11-20(32-14)16-5-7-18(8-6-16)24(26,27)28)12-31-21-10-15(4-9-19(21)25)13-33-23(2,3)22(29)30/h4-11H,12-13H2,1-3H3,(H,29,30). The lowest BCUT2D eigenvalue weighted by atomic mass is 10.1. The van der Waals surface area contributed by atoms with Crippen molar-refractivity contribution >= 4 is 17.7 Å². The van der Waals surface area contributed by atoms with Crippen molar-refractivity contribution in [3.8, 4) is 17.1 Å². The van der Waals surface area contributed by atoms with Gasteiger partial charge in [0, 0.05) is 16.9 Å². The number of hydrogen-bond acceptors (Lipinski definition) is 4. The van der Waals surface area contributed by atoms with E-state index in [-0.39, 0.29) is 12.4 Å². The van der Waals surface area contributed by atoms with E-state index in [1.54, 1.807) is 32.9 Å². The molecule has 0 bridgehead atoms. The molecule has 0 saturated heterocycles. The minimum absolute atomic E-state index is 0.00982. The number of carbonyl (C=O) groups is 1. The molecule has 0 amide bonds. The van der Waals surface area contributed by atoms with Gasteiger partial charge in [-0.05, 0) is 56.7 Å². The second-order valence-corrected chi connectivity index (χ2v) is 9.52.